The van der Waals surface area contributed by atoms with Gasteiger partial charge in [0.2, 0.25) is 0 Å². The molecule has 0 aliphatic carbocycles. The predicted octanol–water partition coefficient (Wildman–Crippen LogP) is 2.75. The van der Waals surface area contributed by atoms with Crippen LogP contribution in [0.4, 0.5) is 4.39 Å². The van der Waals surface area contributed by atoms with Crippen LogP contribution in [0.15, 0.2) is 24.3 Å². The van der Waals surface area contributed by atoms with Crippen molar-refractivity contribution in [2.45, 2.75) is 33.0 Å². The number of hydrogen-bond donors (Lipinski definition) is 1. The van der Waals surface area contributed by atoms with Crippen molar-refractivity contribution in [3.63, 3.8) is 0 Å². The van der Waals surface area contributed by atoms with Gasteiger partial charge in [-0.1, -0.05) is 13.0 Å². The molecular formula is C15H19FN2O2. The molecule has 1 unspecified atom stereocenters. The molecule has 5 heteroatoms. The van der Waals surface area contributed by atoms with Gasteiger partial charge in [0.05, 0.1) is 17.5 Å². The Balaban J connectivity index is 2.08. The van der Waals surface area contributed by atoms with E-state index in [-0.39, 0.29) is 12.4 Å². The van der Waals surface area contributed by atoms with E-state index in [2.05, 4.69) is 5.10 Å². The molecule has 0 aliphatic heterocycles. The fourth-order valence-electron chi connectivity index (χ4n) is 1.93. The van der Waals surface area contributed by atoms with E-state index in [1.807, 2.05) is 20.0 Å². The summed E-state index contributed by atoms with van der Waals surface area (Å²) in [6.07, 6.45) is 0.161. The van der Waals surface area contributed by atoms with Crippen molar-refractivity contribution < 1.29 is 14.2 Å². The topological polar surface area (TPSA) is 47.3 Å². The zero-order valence-electron chi connectivity index (χ0n) is 11.9. The van der Waals surface area contributed by atoms with Gasteiger partial charge in [0.15, 0.2) is 11.6 Å². The molecule has 2 aromatic rings. The lowest BCUT2D eigenvalue weighted by molar-refractivity contribution is 0.198. The summed E-state index contributed by atoms with van der Waals surface area (Å²) < 4.78 is 21.0. The molecule has 0 aliphatic rings. The summed E-state index contributed by atoms with van der Waals surface area (Å²) in [5.74, 6) is -0.296. The van der Waals surface area contributed by atoms with E-state index in [0.717, 1.165) is 17.8 Å². The first-order valence-corrected chi connectivity index (χ1v) is 6.63. The summed E-state index contributed by atoms with van der Waals surface area (Å²) in [6, 6.07) is 6.43. The maximum atomic E-state index is 13.8. The summed E-state index contributed by atoms with van der Waals surface area (Å²) in [5.41, 5.74) is 2.40. The minimum Gasteiger partial charge on any atom is -0.484 e. The largest absolute Gasteiger partial charge is 0.484 e. The summed E-state index contributed by atoms with van der Waals surface area (Å²) in [7, 11) is 1.84. The van der Waals surface area contributed by atoms with E-state index in [0.29, 0.717) is 5.56 Å². The molecule has 1 aromatic heterocycles. The average molecular weight is 278 g/mol. The van der Waals surface area contributed by atoms with E-state index in [1.54, 1.807) is 17.7 Å². The Labute approximate surface area is 117 Å². The van der Waals surface area contributed by atoms with E-state index in [9.17, 15) is 9.50 Å². The van der Waals surface area contributed by atoms with E-state index >= 15 is 0 Å². The van der Waals surface area contributed by atoms with Crippen LogP contribution in [0.25, 0.3) is 0 Å². The Morgan fingerprint density at radius 2 is 2.15 bits per heavy atom. The zero-order chi connectivity index (χ0) is 14.7. The van der Waals surface area contributed by atoms with Gasteiger partial charge in [-0.25, -0.2) is 4.39 Å². The Morgan fingerprint density at radius 3 is 2.70 bits per heavy atom. The first-order valence-electron chi connectivity index (χ1n) is 6.63. The molecule has 0 radical (unpaired) electrons. The highest BCUT2D eigenvalue weighted by Gasteiger charge is 2.10. The summed E-state index contributed by atoms with van der Waals surface area (Å²) >= 11 is 0. The third-order valence-electron chi connectivity index (χ3n) is 3.20. The van der Waals surface area contributed by atoms with Crippen LogP contribution in [0.3, 0.4) is 0 Å². The molecule has 1 heterocycles. The van der Waals surface area contributed by atoms with E-state index < -0.39 is 11.9 Å². The summed E-state index contributed by atoms with van der Waals surface area (Å²) in [4.78, 5) is 0. The number of aryl methyl sites for hydroxylation is 2. The van der Waals surface area contributed by atoms with Gasteiger partial charge in [-0.15, -0.1) is 0 Å². The number of ether oxygens (including phenoxy) is 1. The van der Waals surface area contributed by atoms with E-state index in [4.69, 9.17) is 4.74 Å². The number of aromatic nitrogens is 2. The number of benzene rings is 1. The van der Waals surface area contributed by atoms with Gasteiger partial charge in [-0.3, -0.25) is 4.68 Å². The van der Waals surface area contributed by atoms with Crippen LogP contribution in [0, 0.1) is 5.82 Å². The van der Waals surface area contributed by atoms with Crippen LogP contribution in [0.5, 0.6) is 5.75 Å². The number of rotatable bonds is 5. The van der Waals surface area contributed by atoms with Gasteiger partial charge in [-0.2, -0.15) is 5.10 Å². The molecule has 2 rings (SSSR count). The zero-order valence-corrected chi connectivity index (χ0v) is 11.9. The molecule has 1 N–H and O–H groups in total. The molecule has 1 aromatic carbocycles. The maximum Gasteiger partial charge on any atom is 0.165 e. The third kappa shape index (κ3) is 3.17. The molecule has 0 fully saturated rings. The quantitative estimate of drug-likeness (QED) is 0.914. The van der Waals surface area contributed by atoms with Gasteiger partial charge in [0.25, 0.3) is 0 Å². The highest BCUT2D eigenvalue weighted by molar-refractivity contribution is 5.30. The third-order valence-corrected chi connectivity index (χ3v) is 3.20. The average Bonchev–Trinajstić information content (AvgIpc) is 2.78. The molecule has 20 heavy (non-hydrogen) atoms. The highest BCUT2D eigenvalue weighted by atomic mass is 19.1. The van der Waals surface area contributed by atoms with Gasteiger partial charge in [0.1, 0.15) is 6.61 Å². The minimum absolute atomic E-state index is 0.175. The van der Waals surface area contributed by atoms with Crippen molar-refractivity contribution in [1.82, 2.24) is 9.78 Å². The molecular weight excluding hydrogens is 259 g/mol. The Bertz CT molecular complexity index is 594. The first kappa shape index (κ1) is 14.5. The van der Waals surface area contributed by atoms with Crippen molar-refractivity contribution in [2.24, 2.45) is 7.05 Å². The number of hydrogen-bond acceptors (Lipinski definition) is 3. The lowest BCUT2D eigenvalue weighted by atomic mass is 10.1. The number of aliphatic hydroxyl groups is 1. The molecule has 4 nitrogen and oxygen atoms in total. The summed E-state index contributed by atoms with van der Waals surface area (Å²) in [5, 5.41) is 13.7. The summed E-state index contributed by atoms with van der Waals surface area (Å²) in [6.45, 7) is 3.88. The predicted molar refractivity (Wildman–Crippen MR) is 74.0 cm³/mol. The molecule has 0 bridgehead atoms. The van der Waals surface area contributed by atoms with Crippen LogP contribution in [-0.4, -0.2) is 14.9 Å². The van der Waals surface area contributed by atoms with Gasteiger partial charge < -0.3 is 9.84 Å². The lowest BCUT2D eigenvalue weighted by Crippen LogP contribution is -2.04. The second-order valence-electron chi connectivity index (χ2n) is 4.76. The normalized spacial score (nSPS) is 12.4. The molecule has 0 saturated carbocycles. The van der Waals surface area contributed by atoms with Crippen molar-refractivity contribution in [3.8, 4) is 5.75 Å². The Morgan fingerprint density at radius 1 is 1.40 bits per heavy atom. The first-order chi connectivity index (χ1) is 9.51. The van der Waals surface area contributed by atoms with E-state index in [1.165, 1.54) is 12.1 Å². The number of aliphatic hydroxyl groups excluding tert-OH is 1. The SMILES string of the molecule is CCc1cc(COc2ccc(C(C)O)cc2F)n(C)n1. The lowest BCUT2D eigenvalue weighted by Gasteiger charge is -2.10. The van der Waals surface area contributed by atoms with Gasteiger partial charge >= 0.3 is 0 Å². The molecule has 1 atom stereocenters. The van der Waals surface area contributed by atoms with Crippen molar-refractivity contribution in [1.29, 1.82) is 0 Å². The van der Waals surface area contributed by atoms with Crippen LogP contribution < -0.4 is 4.74 Å². The maximum absolute atomic E-state index is 13.8. The Kier molecular flexibility index (Phi) is 4.39. The minimum atomic E-state index is -0.692. The van der Waals surface area contributed by atoms with Crippen molar-refractivity contribution >= 4 is 0 Å². The van der Waals surface area contributed by atoms with Crippen LogP contribution >= 0.6 is 0 Å². The molecule has 0 spiro atoms. The molecule has 0 saturated heterocycles. The van der Waals surface area contributed by atoms with Gasteiger partial charge in [0, 0.05) is 7.05 Å². The second kappa shape index (κ2) is 6.05. The van der Waals surface area contributed by atoms with Crippen molar-refractivity contribution in [2.75, 3.05) is 0 Å². The van der Waals surface area contributed by atoms with Crippen molar-refractivity contribution in [3.05, 3.63) is 47.0 Å². The monoisotopic (exact) mass is 278 g/mol. The van der Waals surface area contributed by atoms with Crippen LogP contribution in [0.2, 0.25) is 0 Å². The fourth-order valence-corrected chi connectivity index (χ4v) is 1.93. The number of halogens is 1. The highest BCUT2D eigenvalue weighted by Crippen LogP contribution is 2.22. The smallest absolute Gasteiger partial charge is 0.165 e. The second-order valence-corrected chi connectivity index (χ2v) is 4.76. The molecule has 0 amide bonds. The number of nitrogens with zero attached hydrogens (tertiary/aromatic N) is 2. The van der Waals surface area contributed by atoms with Crippen LogP contribution in [-0.2, 0) is 20.1 Å². The van der Waals surface area contributed by atoms with Crippen LogP contribution in [0.1, 0.15) is 36.9 Å². The Hall–Kier alpha value is -1.88. The fraction of sp³-hybridized carbons (Fsp3) is 0.400. The standard InChI is InChI=1S/C15H19FN2O2/c1-4-12-8-13(18(3)17-12)9-20-15-6-5-11(10(2)19)7-14(15)16/h5-8,10,19H,4,9H2,1-3H3. The molecule has 108 valence electrons. The van der Waals surface area contributed by atoms with Gasteiger partial charge in [-0.05, 0) is 37.1 Å².